The number of aryl methyl sites for hydroxylation is 2. The van der Waals surface area contributed by atoms with E-state index in [1.54, 1.807) is 6.92 Å². The van der Waals surface area contributed by atoms with Gasteiger partial charge in [-0.3, -0.25) is 14.9 Å². The molecule has 0 saturated carbocycles. The molecule has 2 N–H and O–H groups in total. The third kappa shape index (κ3) is 7.12. The van der Waals surface area contributed by atoms with Crippen LogP contribution < -0.4 is 10.6 Å². The van der Waals surface area contributed by atoms with Crippen molar-refractivity contribution in [3.63, 3.8) is 0 Å². The van der Waals surface area contributed by atoms with Crippen molar-refractivity contribution in [3.8, 4) is 0 Å². The van der Waals surface area contributed by atoms with Gasteiger partial charge in [0, 0.05) is 18.4 Å². The Balaban J connectivity index is 1.82. The fourth-order valence-corrected chi connectivity index (χ4v) is 2.79. The number of para-hydroxylation sites is 1. The molecule has 0 aromatic heterocycles. The van der Waals surface area contributed by atoms with Crippen LogP contribution in [-0.4, -0.2) is 55.6 Å². The van der Waals surface area contributed by atoms with Crippen LogP contribution in [0.1, 0.15) is 28.4 Å². The van der Waals surface area contributed by atoms with Crippen LogP contribution in [0.3, 0.4) is 0 Å². The third-order valence-electron chi connectivity index (χ3n) is 4.52. The normalized spacial score (nSPS) is 10.1. The molecule has 170 valence electrons. The molecule has 32 heavy (non-hydrogen) atoms. The number of benzene rings is 2. The van der Waals surface area contributed by atoms with Gasteiger partial charge >= 0.3 is 12.1 Å². The molecule has 0 atom stereocenters. The molecule has 2 aromatic rings. The Morgan fingerprint density at radius 3 is 2.12 bits per heavy atom. The van der Waals surface area contributed by atoms with Crippen molar-refractivity contribution in [2.24, 2.45) is 0 Å². The van der Waals surface area contributed by atoms with Gasteiger partial charge in [-0.15, -0.1) is 0 Å². The summed E-state index contributed by atoms with van der Waals surface area (Å²) in [5.41, 5.74) is 3.22. The molecule has 9 heteroatoms. The first kappa shape index (κ1) is 24.4. The lowest BCUT2D eigenvalue weighted by atomic mass is 10.1. The molecule has 0 fully saturated rings. The highest BCUT2D eigenvalue weighted by atomic mass is 16.5. The zero-order chi connectivity index (χ0) is 23.7. The van der Waals surface area contributed by atoms with E-state index in [4.69, 9.17) is 9.47 Å². The largest absolute Gasteiger partial charge is 0.452 e. The minimum atomic E-state index is -0.700. The number of carbonyl (C=O) groups excluding carboxylic acids is 4. The van der Waals surface area contributed by atoms with E-state index >= 15 is 0 Å². The number of amides is 3. The molecule has 0 bridgehead atoms. The summed E-state index contributed by atoms with van der Waals surface area (Å²) >= 11 is 0. The number of anilines is 2. The minimum Gasteiger partial charge on any atom is -0.452 e. The molecule has 0 spiro atoms. The molecular weight excluding hydrogens is 414 g/mol. The lowest BCUT2D eigenvalue weighted by molar-refractivity contribution is -0.136. The molecule has 0 radical (unpaired) electrons. The molecule has 2 rings (SSSR count). The summed E-state index contributed by atoms with van der Waals surface area (Å²) in [7, 11) is 1.45. The van der Waals surface area contributed by atoms with E-state index in [0.717, 1.165) is 11.1 Å². The molecule has 0 aliphatic carbocycles. The zero-order valence-electron chi connectivity index (χ0n) is 18.6. The number of ether oxygens (including phenoxy) is 2. The molecular formula is C23H27N3O6. The first-order chi connectivity index (χ1) is 15.2. The average molecular weight is 441 g/mol. The third-order valence-corrected chi connectivity index (χ3v) is 4.52. The summed E-state index contributed by atoms with van der Waals surface area (Å²) in [4.78, 5) is 49.3. The smallest absolute Gasteiger partial charge is 0.411 e. The van der Waals surface area contributed by atoms with Crippen molar-refractivity contribution in [1.82, 2.24) is 4.90 Å². The van der Waals surface area contributed by atoms with Crippen LogP contribution in [0.4, 0.5) is 16.2 Å². The quantitative estimate of drug-likeness (QED) is 0.609. The van der Waals surface area contributed by atoms with Crippen molar-refractivity contribution in [2.45, 2.75) is 20.8 Å². The topological polar surface area (TPSA) is 114 Å². The molecule has 9 nitrogen and oxygen atoms in total. The summed E-state index contributed by atoms with van der Waals surface area (Å²) in [6.07, 6.45) is -0.599. The summed E-state index contributed by atoms with van der Waals surface area (Å²) in [5.74, 6) is -1.57. The predicted octanol–water partition coefficient (Wildman–Crippen LogP) is 3.13. The fourth-order valence-electron chi connectivity index (χ4n) is 2.79. The van der Waals surface area contributed by atoms with E-state index in [0.29, 0.717) is 11.4 Å². The number of hydrogen-bond donors (Lipinski definition) is 2. The van der Waals surface area contributed by atoms with Crippen molar-refractivity contribution in [1.29, 1.82) is 0 Å². The van der Waals surface area contributed by atoms with Crippen molar-refractivity contribution in [2.75, 3.05) is 37.4 Å². The highest BCUT2D eigenvalue weighted by Gasteiger charge is 2.17. The molecule has 2 aromatic carbocycles. The van der Waals surface area contributed by atoms with Crippen LogP contribution in [-0.2, 0) is 19.1 Å². The lowest BCUT2D eigenvalue weighted by Crippen LogP contribution is -2.37. The van der Waals surface area contributed by atoms with Gasteiger partial charge in [-0.05, 0) is 56.2 Å². The number of rotatable bonds is 8. The maximum atomic E-state index is 12.3. The van der Waals surface area contributed by atoms with E-state index in [1.807, 2.05) is 32.0 Å². The average Bonchev–Trinajstić information content (AvgIpc) is 2.75. The first-order valence-corrected chi connectivity index (χ1v) is 10.0. The highest BCUT2D eigenvalue weighted by molar-refractivity contribution is 5.96. The lowest BCUT2D eigenvalue weighted by Gasteiger charge is -2.18. The van der Waals surface area contributed by atoms with E-state index in [1.165, 1.54) is 36.2 Å². The van der Waals surface area contributed by atoms with Gasteiger partial charge < -0.3 is 19.7 Å². The number of carbonyl (C=O) groups is 4. The Hall–Kier alpha value is -3.88. The molecule has 0 aliphatic rings. The van der Waals surface area contributed by atoms with Crippen molar-refractivity contribution < 1.29 is 28.7 Å². The second kappa shape index (κ2) is 11.5. The van der Waals surface area contributed by atoms with Gasteiger partial charge in [0.05, 0.1) is 18.7 Å². The number of esters is 1. The number of nitrogens with one attached hydrogen (secondary N) is 2. The maximum Gasteiger partial charge on any atom is 0.411 e. The highest BCUT2D eigenvalue weighted by Crippen LogP contribution is 2.19. The Morgan fingerprint density at radius 1 is 0.906 bits per heavy atom. The standard InChI is InChI=1S/C23H27N3O6/c1-5-31-23(30)24-18-11-9-17(10-12-18)22(29)32-14-20(28)26(4)13-19(27)25-21-15(2)7-6-8-16(21)3/h6-12H,5,13-14H2,1-4H3,(H,24,30)(H,25,27). The second-order valence-corrected chi connectivity index (χ2v) is 7.06. The second-order valence-electron chi connectivity index (χ2n) is 7.06. The van der Waals surface area contributed by atoms with Gasteiger partial charge in [0.25, 0.3) is 5.91 Å². The number of likely N-dealkylation sites (N-methyl/N-ethyl adjacent to an activating group) is 1. The zero-order valence-corrected chi connectivity index (χ0v) is 18.6. The predicted molar refractivity (Wildman–Crippen MR) is 120 cm³/mol. The maximum absolute atomic E-state index is 12.3. The molecule has 0 unspecified atom stereocenters. The first-order valence-electron chi connectivity index (χ1n) is 10.0. The van der Waals surface area contributed by atoms with Crippen LogP contribution in [0.25, 0.3) is 0 Å². The minimum absolute atomic E-state index is 0.182. The van der Waals surface area contributed by atoms with E-state index in [2.05, 4.69) is 10.6 Å². The van der Waals surface area contributed by atoms with E-state index in [-0.39, 0.29) is 24.6 Å². The van der Waals surface area contributed by atoms with Crippen LogP contribution in [0.5, 0.6) is 0 Å². The van der Waals surface area contributed by atoms with E-state index < -0.39 is 24.6 Å². The van der Waals surface area contributed by atoms with Crippen molar-refractivity contribution in [3.05, 3.63) is 59.2 Å². The summed E-state index contributed by atoms with van der Waals surface area (Å²) in [5, 5.41) is 5.31. The van der Waals surface area contributed by atoms with Gasteiger partial charge in [-0.2, -0.15) is 0 Å². The Morgan fingerprint density at radius 2 is 1.53 bits per heavy atom. The van der Waals surface area contributed by atoms with Gasteiger partial charge in [-0.25, -0.2) is 9.59 Å². The monoisotopic (exact) mass is 441 g/mol. The molecule has 0 heterocycles. The van der Waals surface area contributed by atoms with Crippen LogP contribution >= 0.6 is 0 Å². The van der Waals surface area contributed by atoms with Gasteiger partial charge in [-0.1, -0.05) is 18.2 Å². The van der Waals surface area contributed by atoms with Crippen LogP contribution in [0.15, 0.2) is 42.5 Å². The molecule has 0 saturated heterocycles. The Bertz CT molecular complexity index is 967. The van der Waals surface area contributed by atoms with Gasteiger partial charge in [0.2, 0.25) is 5.91 Å². The van der Waals surface area contributed by atoms with Gasteiger partial charge in [0.1, 0.15) is 0 Å². The summed E-state index contributed by atoms with van der Waals surface area (Å²) in [6, 6.07) is 11.6. The Kier molecular flexibility index (Phi) is 8.76. The summed E-state index contributed by atoms with van der Waals surface area (Å²) < 4.78 is 9.81. The number of hydrogen-bond acceptors (Lipinski definition) is 6. The SMILES string of the molecule is CCOC(=O)Nc1ccc(C(=O)OCC(=O)N(C)CC(=O)Nc2c(C)cccc2C)cc1. The van der Waals surface area contributed by atoms with Crippen LogP contribution in [0, 0.1) is 13.8 Å². The van der Waals surface area contributed by atoms with Crippen LogP contribution in [0.2, 0.25) is 0 Å². The van der Waals surface area contributed by atoms with Gasteiger partial charge in [0.15, 0.2) is 6.61 Å². The Labute approximate surface area is 186 Å². The fraction of sp³-hybridized carbons (Fsp3) is 0.304. The van der Waals surface area contributed by atoms with E-state index in [9.17, 15) is 19.2 Å². The molecule has 3 amide bonds. The number of nitrogens with zero attached hydrogens (tertiary/aromatic N) is 1. The summed E-state index contributed by atoms with van der Waals surface area (Å²) in [6.45, 7) is 5.01. The van der Waals surface area contributed by atoms with Crippen molar-refractivity contribution >= 4 is 35.3 Å². The molecule has 0 aliphatic heterocycles.